The summed E-state index contributed by atoms with van der Waals surface area (Å²) in [7, 11) is 0. The first kappa shape index (κ1) is 16.5. The largest absolute Gasteiger partial charge is 0.361 e. The molecule has 4 rings (SSSR count). The van der Waals surface area contributed by atoms with Crippen molar-refractivity contribution in [2.24, 2.45) is 0 Å². The molecule has 0 N–H and O–H groups in total. The van der Waals surface area contributed by atoms with E-state index in [1.54, 1.807) is 22.9 Å². The highest BCUT2D eigenvalue weighted by Gasteiger charge is 2.22. The molecule has 0 bridgehead atoms. The maximum absolute atomic E-state index is 13.0. The van der Waals surface area contributed by atoms with Gasteiger partial charge < -0.3 is 4.52 Å². The fraction of sp³-hybridized carbons (Fsp3) is 0.158. The van der Waals surface area contributed by atoms with Gasteiger partial charge in [-0.05, 0) is 26.0 Å². The van der Waals surface area contributed by atoms with E-state index in [-0.39, 0.29) is 5.56 Å². The zero-order chi connectivity index (χ0) is 18.3. The summed E-state index contributed by atoms with van der Waals surface area (Å²) in [6.45, 7) is 4.19. The number of rotatable bonds is 3. The van der Waals surface area contributed by atoms with Gasteiger partial charge in [0.25, 0.3) is 5.65 Å². The van der Waals surface area contributed by atoms with Crippen LogP contribution in [0.4, 0.5) is 0 Å². The second-order valence-electron chi connectivity index (χ2n) is 6.09. The van der Waals surface area contributed by atoms with Gasteiger partial charge in [0.05, 0.1) is 17.5 Å². The van der Waals surface area contributed by atoms with E-state index in [9.17, 15) is 4.79 Å². The van der Waals surface area contributed by atoms with E-state index in [1.165, 1.54) is 0 Å². The van der Waals surface area contributed by atoms with Crippen LogP contribution < -0.4 is 10.1 Å². The Morgan fingerprint density at radius 3 is 2.77 bits per heavy atom. The summed E-state index contributed by atoms with van der Waals surface area (Å²) >= 11 is 5.88. The number of aryl methyl sites for hydroxylation is 2. The Hall–Kier alpha value is -2.99. The molecule has 0 aromatic carbocycles. The van der Waals surface area contributed by atoms with E-state index in [2.05, 4.69) is 10.1 Å². The molecule has 0 unspecified atom stereocenters. The summed E-state index contributed by atoms with van der Waals surface area (Å²) < 4.78 is 8.89. The number of hydrogen-bond donors (Lipinski definition) is 0. The molecular formula is C19H16ClN4O2+. The smallest absolute Gasteiger partial charge is 0.350 e. The number of halogens is 1. The monoisotopic (exact) mass is 367 g/mol. The molecule has 0 fully saturated rings. The van der Waals surface area contributed by atoms with Gasteiger partial charge in [0.2, 0.25) is 0 Å². The maximum atomic E-state index is 13.0. The molecular weight excluding hydrogens is 352 g/mol. The number of fused-ring (bicyclic) bond motifs is 1. The van der Waals surface area contributed by atoms with Crippen LogP contribution in [-0.4, -0.2) is 14.5 Å². The molecule has 6 nitrogen and oxygen atoms in total. The van der Waals surface area contributed by atoms with Gasteiger partial charge in [0.1, 0.15) is 29.2 Å². The van der Waals surface area contributed by atoms with Gasteiger partial charge >= 0.3 is 5.56 Å². The zero-order valence-corrected chi connectivity index (χ0v) is 15.1. The molecule has 0 spiro atoms. The van der Waals surface area contributed by atoms with Gasteiger partial charge in [-0.3, -0.25) is 0 Å². The molecule has 0 amide bonds. The SMILES string of the molecule is Cc1noc(C)c1-c1c[n+](Cc2ccc(Cl)nc2)c2ccccn2c1=O. The standard InChI is InChI=1S/C19H16ClN4O2/c1-12-18(13(2)26-22-12)15-11-23(10-14-6-7-16(20)21-9-14)17-5-3-4-8-24(17)19(15)25/h3-9,11H,10H2,1-2H3/q+1. The highest BCUT2D eigenvalue weighted by molar-refractivity contribution is 6.29. The van der Waals surface area contributed by atoms with Gasteiger partial charge in [-0.15, -0.1) is 0 Å². The van der Waals surface area contributed by atoms with Crippen LogP contribution in [-0.2, 0) is 6.54 Å². The quantitative estimate of drug-likeness (QED) is 0.412. The minimum atomic E-state index is -0.111. The molecule has 4 heterocycles. The van der Waals surface area contributed by atoms with E-state index in [1.807, 2.05) is 48.9 Å². The Morgan fingerprint density at radius 2 is 2.08 bits per heavy atom. The number of pyridine rings is 2. The highest BCUT2D eigenvalue weighted by atomic mass is 35.5. The van der Waals surface area contributed by atoms with Crippen LogP contribution in [0.1, 0.15) is 17.0 Å². The van der Waals surface area contributed by atoms with Gasteiger partial charge in [-0.25, -0.2) is 14.3 Å². The van der Waals surface area contributed by atoms with Crippen molar-refractivity contribution in [3.8, 4) is 11.1 Å². The zero-order valence-electron chi connectivity index (χ0n) is 14.3. The Labute approximate surface area is 154 Å². The van der Waals surface area contributed by atoms with E-state index < -0.39 is 0 Å². The Balaban J connectivity index is 1.96. The molecule has 0 radical (unpaired) electrons. The van der Waals surface area contributed by atoms with Crippen LogP contribution >= 0.6 is 11.6 Å². The average Bonchev–Trinajstić information content (AvgIpc) is 2.98. The van der Waals surface area contributed by atoms with Crippen molar-refractivity contribution in [3.63, 3.8) is 0 Å². The third-order valence-electron chi connectivity index (χ3n) is 4.31. The molecule has 0 saturated carbocycles. The van der Waals surface area contributed by atoms with Gasteiger partial charge in [0.15, 0.2) is 0 Å². The van der Waals surface area contributed by atoms with E-state index in [0.717, 1.165) is 16.8 Å². The molecule has 130 valence electrons. The number of hydrogen-bond acceptors (Lipinski definition) is 4. The molecule has 4 aromatic heterocycles. The summed E-state index contributed by atoms with van der Waals surface area (Å²) in [5.41, 5.74) is 3.62. The lowest BCUT2D eigenvalue weighted by molar-refractivity contribution is -0.665. The second-order valence-corrected chi connectivity index (χ2v) is 6.48. The fourth-order valence-electron chi connectivity index (χ4n) is 3.11. The predicted molar refractivity (Wildman–Crippen MR) is 97.2 cm³/mol. The maximum Gasteiger partial charge on any atom is 0.350 e. The van der Waals surface area contributed by atoms with E-state index >= 15 is 0 Å². The lowest BCUT2D eigenvalue weighted by Gasteiger charge is -2.07. The first-order valence-electron chi connectivity index (χ1n) is 8.12. The van der Waals surface area contributed by atoms with Crippen molar-refractivity contribution < 1.29 is 9.09 Å². The first-order valence-corrected chi connectivity index (χ1v) is 8.50. The third kappa shape index (κ3) is 2.78. The number of aromatic nitrogens is 4. The molecule has 7 heteroatoms. The summed E-state index contributed by atoms with van der Waals surface area (Å²) in [5.74, 6) is 0.621. The van der Waals surface area contributed by atoms with Crippen LogP contribution in [0.3, 0.4) is 0 Å². The van der Waals surface area contributed by atoms with Crippen molar-refractivity contribution in [1.82, 2.24) is 14.5 Å². The lowest BCUT2D eigenvalue weighted by Crippen LogP contribution is -2.40. The Morgan fingerprint density at radius 1 is 1.23 bits per heavy atom. The van der Waals surface area contributed by atoms with E-state index in [0.29, 0.717) is 28.7 Å². The minimum Gasteiger partial charge on any atom is -0.361 e. The van der Waals surface area contributed by atoms with Crippen molar-refractivity contribution in [2.45, 2.75) is 20.4 Å². The van der Waals surface area contributed by atoms with Gasteiger partial charge in [-0.2, -0.15) is 4.40 Å². The summed E-state index contributed by atoms with van der Waals surface area (Å²) in [5, 5.41) is 4.43. The third-order valence-corrected chi connectivity index (χ3v) is 4.53. The van der Waals surface area contributed by atoms with Crippen molar-refractivity contribution in [2.75, 3.05) is 0 Å². The molecule has 0 aliphatic carbocycles. The predicted octanol–water partition coefficient (Wildman–Crippen LogP) is 2.96. The lowest BCUT2D eigenvalue weighted by atomic mass is 10.1. The van der Waals surface area contributed by atoms with Gasteiger partial charge in [-0.1, -0.05) is 28.9 Å². The molecule has 0 saturated heterocycles. The molecule has 4 aromatic rings. The van der Waals surface area contributed by atoms with Crippen LogP contribution in [0, 0.1) is 13.8 Å². The molecule has 0 aliphatic rings. The van der Waals surface area contributed by atoms with E-state index in [4.69, 9.17) is 16.1 Å². The average molecular weight is 368 g/mol. The second kappa shape index (κ2) is 6.38. The minimum absolute atomic E-state index is 0.111. The van der Waals surface area contributed by atoms with Crippen molar-refractivity contribution >= 4 is 17.2 Å². The van der Waals surface area contributed by atoms with Crippen molar-refractivity contribution in [1.29, 1.82) is 0 Å². The van der Waals surface area contributed by atoms with Gasteiger partial charge in [0, 0.05) is 17.8 Å². The Kier molecular flexibility index (Phi) is 4.05. The van der Waals surface area contributed by atoms with Crippen LogP contribution in [0.5, 0.6) is 0 Å². The summed E-state index contributed by atoms with van der Waals surface area (Å²) in [6, 6.07) is 9.31. The summed E-state index contributed by atoms with van der Waals surface area (Å²) in [4.78, 5) is 17.2. The van der Waals surface area contributed by atoms with Crippen LogP contribution in [0.2, 0.25) is 5.15 Å². The fourth-order valence-corrected chi connectivity index (χ4v) is 3.22. The molecule has 0 atom stereocenters. The van der Waals surface area contributed by atoms with Crippen molar-refractivity contribution in [3.05, 3.63) is 81.4 Å². The molecule has 0 aliphatic heterocycles. The van der Waals surface area contributed by atoms with Crippen LogP contribution in [0.25, 0.3) is 16.8 Å². The first-order chi connectivity index (χ1) is 12.5. The topological polar surface area (TPSA) is 64.3 Å². The summed E-state index contributed by atoms with van der Waals surface area (Å²) in [6.07, 6.45) is 5.34. The highest BCUT2D eigenvalue weighted by Crippen LogP contribution is 2.23. The Bertz CT molecular complexity index is 1140. The normalized spacial score (nSPS) is 11.2. The molecule has 26 heavy (non-hydrogen) atoms. The van der Waals surface area contributed by atoms with Crippen LogP contribution in [0.15, 0.2) is 58.2 Å². The number of nitrogens with zero attached hydrogens (tertiary/aromatic N) is 4.